The van der Waals surface area contributed by atoms with Gasteiger partial charge in [0, 0.05) is 12.3 Å². The molecule has 0 atom stereocenters. The molecule has 17 heavy (non-hydrogen) atoms. The minimum Gasteiger partial charge on any atom is -0.382 e. The van der Waals surface area contributed by atoms with Crippen molar-refractivity contribution < 1.29 is 0 Å². The summed E-state index contributed by atoms with van der Waals surface area (Å²) in [5, 5.41) is 12.3. The lowest BCUT2D eigenvalue weighted by Crippen LogP contribution is -1.95. The van der Waals surface area contributed by atoms with Crippen LogP contribution in [0.2, 0.25) is 0 Å². The number of rotatable bonds is 3. The Morgan fingerprint density at radius 3 is 2.41 bits per heavy atom. The Kier molecular flexibility index (Phi) is 3.18. The van der Waals surface area contributed by atoms with E-state index in [0.717, 1.165) is 11.4 Å². The highest BCUT2D eigenvalue weighted by atomic mass is 15.3. The molecule has 2 aromatic rings. The number of anilines is 1. The maximum Gasteiger partial charge on any atom is 0.145 e. The summed E-state index contributed by atoms with van der Waals surface area (Å²) in [5.74, 6) is 0.508. The predicted molar refractivity (Wildman–Crippen MR) is 67.6 cm³/mol. The Morgan fingerprint density at radius 1 is 1.18 bits per heavy atom. The average molecular weight is 229 g/mol. The SMILES string of the molecule is CC(C)N=Nc1ccc(-n2ccc(N)n2)cc1. The zero-order valence-electron chi connectivity index (χ0n) is 9.91. The Hall–Kier alpha value is -2.17. The molecule has 0 saturated carbocycles. The second kappa shape index (κ2) is 4.78. The molecule has 0 aliphatic carbocycles. The Labute approximate surface area is 100.0 Å². The number of nitrogen functional groups attached to an aromatic ring is 1. The third kappa shape index (κ3) is 2.90. The van der Waals surface area contributed by atoms with Gasteiger partial charge >= 0.3 is 0 Å². The minimum atomic E-state index is 0.209. The highest BCUT2D eigenvalue weighted by Crippen LogP contribution is 2.16. The molecule has 0 unspecified atom stereocenters. The Bertz CT molecular complexity index is 510. The van der Waals surface area contributed by atoms with Crippen LogP contribution in [0.1, 0.15) is 13.8 Å². The van der Waals surface area contributed by atoms with Crippen molar-refractivity contribution in [2.24, 2.45) is 10.2 Å². The van der Waals surface area contributed by atoms with E-state index in [0.29, 0.717) is 5.82 Å². The summed E-state index contributed by atoms with van der Waals surface area (Å²) in [7, 11) is 0. The van der Waals surface area contributed by atoms with E-state index < -0.39 is 0 Å². The van der Waals surface area contributed by atoms with Crippen molar-refractivity contribution in [3.63, 3.8) is 0 Å². The first-order valence-electron chi connectivity index (χ1n) is 5.47. The summed E-state index contributed by atoms with van der Waals surface area (Å²) in [5.41, 5.74) is 7.35. The summed E-state index contributed by atoms with van der Waals surface area (Å²) < 4.78 is 1.72. The third-order valence-electron chi connectivity index (χ3n) is 2.13. The first kappa shape index (κ1) is 11.3. The topological polar surface area (TPSA) is 68.6 Å². The van der Waals surface area contributed by atoms with Gasteiger partial charge in [-0.2, -0.15) is 15.3 Å². The van der Waals surface area contributed by atoms with Crippen LogP contribution in [0.25, 0.3) is 5.69 Å². The molecule has 0 fully saturated rings. The molecule has 0 amide bonds. The average Bonchev–Trinajstić information content (AvgIpc) is 2.74. The molecule has 2 rings (SSSR count). The van der Waals surface area contributed by atoms with Gasteiger partial charge in [-0.3, -0.25) is 0 Å². The molecule has 1 heterocycles. The van der Waals surface area contributed by atoms with Crippen LogP contribution >= 0.6 is 0 Å². The number of benzene rings is 1. The van der Waals surface area contributed by atoms with Crippen LogP contribution < -0.4 is 5.73 Å². The van der Waals surface area contributed by atoms with Gasteiger partial charge in [0.1, 0.15) is 5.82 Å². The fraction of sp³-hybridized carbons (Fsp3) is 0.250. The number of nitrogens with zero attached hydrogens (tertiary/aromatic N) is 4. The fourth-order valence-electron chi connectivity index (χ4n) is 1.34. The number of azo groups is 1. The smallest absolute Gasteiger partial charge is 0.145 e. The molecule has 0 radical (unpaired) electrons. The molecule has 0 bridgehead atoms. The summed E-state index contributed by atoms with van der Waals surface area (Å²) in [6, 6.07) is 9.63. The van der Waals surface area contributed by atoms with E-state index in [1.165, 1.54) is 0 Å². The van der Waals surface area contributed by atoms with E-state index in [1.54, 1.807) is 10.7 Å². The predicted octanol–water partition coefficient (Wildman–Crippen LogP) is 2.95. The van der Waals surface area contributed by atoms with E-state index in [9.17, 15) is 0 Å². The zero-order chi connectivity index (χ0) is 12.3. The van der Waals surface area contributed by atoms with Crippen molar-refractivity contribution in [2.45, 2.75) is 19.9 Å². The Morgan fingerprint density at radius 2 is 1.88 bits per heavy atom. The van der Waals surface area contributed by atoms with Crippen molar-refractivity contribution in [3.05, 3.63) is 36.5 Å². The van der Waals surface area contributed by atoms with Crippen molar-refractivity contribution in [3.8, 4) is 5.69 Å². The van der Waals surface area contributed by atoms with Crippen LogP contribution in [0.15, 0.2) is 46.8 Å². The monoisotopic (exact) mass is 229 g/mol. The van der Waals surface area contributed by atoms with E-state index in [1.807, 2.05) is 44.3 Å². The van der Waals surface area contributed by atoms with Crippen molar-refractivity contribution in [2.75, 3.05) is 5.73 Å². The van der Waals surface area contributed by atoms with Gasteiger partial charge in [-0.15, -0.1) is 0 Å². The Balaban J connectivity index is 2.18. The number of nitrogens with two attached hydrogens (primary N) is 1. The normalized spacial score (nSPS) is 11.5. The molecule has 5 nitrogen and oxygen atoms in total. The molecule has 88 valence electrons. The molecular formula is C12H15N5. The zero-order valence-corrected chi connectivity index (χ0v) is 9.91. The summed E-state index contributed by atoms with van der Waals surface area (Å²) >= 11 is 0. The summed E-state index contributed by atoms with van der Waals surface area (Å²) in [6.07, 6.45) is 1.82. The third-order valence-corrected chi connectivity index (χ3v) is 2.13. The van der Waals surface area contributed by atoms with Crippen LogP contribution in [0.5, 0.6) is 0 Å². The molecular weight excluding hydrogens is 214 g/mol. The molecule has 0 spiro atoms. The number of hydrogen-bond acceptors (Lipinski definition) is 4. The van der Waals surface area contributed by atoms with Gasteiger partial charge in [0.15, 0.2) is 0 Å². The van der Waals surface area contributed by atoms with Gasteiger partial charge in [-0.25, -0.2) is 4.68 Å². The highest BCUT2D eigenvalue weighted by Gasteiger charge is 1.98. The van der Waals surface area contributed by atoms with Crippen LogP contribution in [-0.2, 0) is 0 Å². The van der Waals surface area contributed by atoms with Crippen molar-refractivity contribution in [1.29, 1.82) is 0 Å². The van der Waals surface area contributed by atoms with E-state index >= 15 is 0 Å². The molecule has 1 aromatic carbocycles. The molecule has 0 aliphatic rings. The molecule has 2 N–H and O–H groups in total. The molecule has 1 aromatic heterocycles. The fourth-order valence-corrected chi connectivity index (χ4v) is 1.34. The lowest BCUT2D eigenvalue weighted by Gasteiger charge is -2.01. The number of hydrogen-bond donors (Lipinski definition) is 1. The standard InChI is InChI=1S/C12H15N5/c1-9(2)14-15-10-3-5-11(6-4-10)17-8-7-12(13)16-17/h3-9H,1-2H3,(H2,13,16). The van der Waals surface area contributed by atoms with E-state index in [4.69, 9.17) is 5.73 Å². The highest BCUT2D eigenvalue weighted by molar-refractivity contribution is 5.44. The summed E-state index contributed by atoms with van der Waals surface area (Å²) in [6.45, 7) is 3.98. The van der Waals surface area contributed by atoms with Crippen LogP contribution in [0.4, 0.5) is 11.5 Å². The first-order valence-corrected chi connectivity index (χ1v) is 5.47. The minimum absolute atomic E-state index is 0.209. The van der Waals surface area contributed by atoms with Gasteiger partial charge in [0.2, 0.25) is 0 Å². The van der Waals surface area contributed by atoms with Crippen molar-refractivity contribution >= 4 is 11.5 Å². The largest absolute Gasteiger partial charge is 0.382 e. The van der Waals surface area contributed by atoms with Gasteiger partial charge in [0.25, 0.3) is 0 Å². The first-order chi connectivity index (χ1) is 8.15. The van der Waals surface area contributed by atoms with Crippen LogP contribution in [0, 0.1) is 0 Å². The number of aromatic nitrogens is 2. The van der Waals surface area contributed by atoms with Gasteiger partial charge < -0.3 is 5.73 Å². The summed E-state index contributed by atoms with van der Waals surface area (Å²) in [4.78, 5) is 0. The lowest BCUT2D eigenvalue weighted by atomic mass is 10.3. The quantitative estimate of drug-likeness (QED) is 0.822. The molecule has 0 aliphatic heterocycles. The lowest BCUT2D eigenvalue weighted by molar-refractivity contribution is 0.779. The van der Waals surface area contributed by atoms with Gasteiger partial charge in [-0.1, -0.05) is 0 Å². The van der Waals surface area contributed by atoms with Crippen molar-refractivity contribution in [1.82, 2.24) is 9.78 Å². The van der Waals surface area contributed by atoms with Gasteiger partial charge in [0.05, 0.1) is 17.4 Å². The van der Waals surface area contributed by atoms with Gasteiger partial charge in [-0.05, 0) is 38.1 Å². The molecule has 0 saturated heterocycles. The van der Waals surface area contributed by atoms with Crippen LogP contribution in [-0.4, -0.2) is 15.8 Å². The second-order valence-corrected chi connectivity index (χ2v) is 4.01. The molecule has 5 heteroatoms. The maximum atomic E-state index is 5.56. The second-order valence-electron chi connectivity index (χ2n) is 4.01. The van der Waals surface area contributed by atoms with Crippen LogP contribution in [0.3, 0.4) is 0 Å². The van der Waals surface area contributed by atoms with E-state index in [-0.39, 0.29) is 6.04 Å². The maximum absolute atomic E-state index is 5.56. The van der Waals surface area contributed by atoms with E-state index in [2.05, 4.69) is 15.3 Å².